The Morgan fingerprint density at radius 3 is 2.30 bits per heavy atom. The highest BCUT2D eigenvalue weighted by atomic mass is 35.5. The number of phenols is 1. The van der Waals surface area contributed by atoms with E-state index in [4.69, 9.17) is 32.7 Å². The lowest BCUT2D eigenvalue weighted by atomic mass is 9.94. The number of hydrogen-bond acceptors (Lipinski definition) is 7. The van der Waals surface area contributed by atoms with Gasteiger partial charge in [-0.2, -0.15) is 0 Å². The number of rotatable bonds is 7. The van der Waals surface area contributed by atoms with Crippen LogP contribution in [-0.2, 0) is 9.59 Å². The molecule has 1 saturated heterocycles. The Balaban J connectivity index is 2.26. The summed E-state index contributed by atoms with van der Waals surface area (Å²) >= 11 is 12.3. The summed E-state index contributed by atoms with van der Waals surface area (Å²) < 4.78 is 10.6. The van der Waals surface area contributed by atoms with E-state index in [-0.39, 0.29) is 45.0 Å². The first kappa shape index (κ1) is 24.7. The fourth-order valence-corrected chi connectivity index (χ4v) is 4.07. The summed E-state index contributed by atoms with van der Waals surface area (Å²) in [6.45, 7) is 0.700. The topological polar surface area (TPSA) is 99.5 Å². The largest absolute Gasteiger partial charge is 0.507 e. The summed E-state index contributed by atoms with van der Waals surface area (Å²) in [5.74, 6) is -1.74. The zero-order valence-corrected chi connectivity index (χ0v) is 20.1. The van der Waals surface area contributed by atoms with E-state index in [9.17, 15) is 19.8 Å². The highest BCUT2D eigenvalue weighted by Gasteiger charge is 2.46. The summed E-state index contributed by atoms with van der Waals surface area (Å²) in [6, 6.07) is 6.33. The van der Waals surface area contributed by atoms with Crippen molar-refractivity contribution in [3.05, 3.63) is 57.1 Å². The maximum Gasteiger partial charge on any atom is 0.295 e. The Kier molecular flexibility index (Phi) is 7.41. The molecule has 10 heteroatoms. The van der Waals surface area contributed by atoms with Gasteiger partial charge in [-0.05, 0) is 37.9 Å². The smallest absolute Gasteiger partial charge is 0.295 e. The fraction of sp³-hybridized carbons (Fsp3) is 0.304. The predicted octanol–water partition coefficient (Wildman–Crippen LogP) is 3.70. The number of likely N-dealkylation sites (tertiary alicyclic amines) is 1. The SMILES string of the molecule is COc1cc(/C(O)=C2\C(=O)C(=O)N(CCN(C)C)C2c2ccc(O)c(Cl)c2)c(OC)cc1Cl. The van der Waals surface area contributed by atoms with Crippen molar-refractivity contribution in [2.24, 2.45) is 0 Å². The highest BCUT2D eigenvalue weighted by Crippen LogP contribution is 2.43. The number of nitrogens with zero attached hydrogens (tertiary/aromatic N) is 2. The third-order valence-corrected chi connectivity index (χ3v) is 5.94. The fourth-order valence-electron chi connectivity index (χ4n) is 3.65. The molecule has 8 nitrogen and oxygen atoms in total. The minimum absolute atomic E-state index is 0.0523. The van der Waals surface area contributed by atoms with Gasteiger partial charge in [-0.15, -0.1) is 0 Å². The van der Waals surface area contributed by atoms with Crippen molar-refractivity contribution in [1.82, 2.24) is 9.80 Å². The summed E-state index contributed by atoms with van der Waals surface area (Å²) in [6.07, 6.45) is 0. The number of aliphatic hydroxyl groups is 1. The summed E-state index contributed by atoms with van der Waals surface area (Å²) in [4.78, 5) is 29.4. The normalized spacial score (nSPS) is 17.7. The van der Waals surface area contributed by atoms with Gasteiger partial charge >= 0.3 is 0 Å². The Labute approximate surface area is 201 Å². The van der Waals surface area contributed by atoms with Gasteiger partial charge in [0.2, 0.25) is 0 Å². The van der Waals surface area contributed by atoms with Crippen LogP contribution in [0.15, 0.2) is 35.9 Å². The van der Waals surface area contributed by atoms with Crippen molar-refractivity contribution in [3.63, 3.8) is 0 Å². The van der Waals surface area contributed by atoms with Crippen molar-refractivity contribution >= 4 is 40.7 Å². The lowest BCUT2D eigenvalue weighted by Crippen LogP contribution is -2.35. The standard InChI is InChI=1S/C23H24Cl2N2O6/c1-26(2)7-8-27-20(12-5-6-16(28)14(24)9-12)19(22(30)23(27)31)21(29)13-10-18(33-4)15(25)11-17(13)32-3/h5-6,9-11,20,28-29H,7-8H2,1-4H3/b21-19+. The third kappa shape index (κ3) is 4.73. The Bertz CT molecular complexity index is 1130. The maximum absolute atomic E-state index is 13.1. The molecular weight excluding hydrogens is 471 g/mol. The van der Waals surface area contributed by atoms with Gasteiger partial charge in [0.25, 0.3) is 11.7 Å². The minimum atomic E-state index is -0.936. The van der Waals surface area contributed by atoms with Crippen molar-refractivity contribution in [2.45, 2.75) is 6.04 Å². The van der Waals surface area contributed by atoms with Crippen LogP contribution in [0.1, 0.15) is 17.2 Å². The lowest BCUT2D eigenvalue weighted by molar-refractivity contribution is -0.140. The van der Waals surface area contributed by atoms with Crippen LogP contribution in [0, 0.1) is 0 Å². The quantitative estimate of drug-likeness (QED) is 0.343. The number of ether oxygens (including phenoxy) is 2. The molecule has 1 aliphatic heterocycles. The van der Waals surface area contributed by atoms with Crippen LogP contribution in [-0.4, -0.2) is 73.1 Å². The molecule has 3 rings (SSSR count). The van der Waals surface area contributed by atoms with Crippen LogP contribution in [0.25, 0.3) is 5.76 Å². The predicted molar refractivity (Wildman–Crippen MR) is 125 cm³/mol. The van der Waals surface area contributed by atoms with Gasteiger partial charge in [-0.25, -0.2) is 0 Å². The molecule has 0 bridgehead atoms. The minimum Gasteiger partial charge on any atom is -0.507 e. The number of ketones is 1. The number of halogens is 2. The molecule has 1 atom stereocenters. The molecule has 0 radical (unpaired) electrons. The molecule has 2 aromatic carbocycles. The van der Waals surface area contributed by atoms with Crippen LogP contribution >= 0.6 is 23.2 Å². The second-order valence-electron chi connectivity index (χ2n) is 7.69. The number of methoxy groups -OCH3 is 2. The number of carbonyl (C=O) groups is 2. The first-order valence-corrected chi connectivity index (χ1v) is 10.7. The van der Waals surface area contributed by atoms with Crippen LogP contribution in [0.4, 0.5) is 0 Å². The Morgan fingerprint density at radius 1 is 1.06 bits per heavy atom. The molecule has 1 amide bonds. The number of Topliss-reactive ketones (excluding diaryl/α,β-unsaturated/α-hetero) is 1. The number of hydrogen-bond donors (Lipinski definition) is 2. The van der Waals surface area contributed by atoms with E-state index in [1.54, 1.807) is 6.07 Å². The Hall–Kier alpha value is -2.94. The van der Waals surface area contributed by atoms with E-state index in [2.05, 4.69) is 0 Å². The number of amides is 1. The lowest BCUT2D eigenvalue weighted by Gasteiger charge is -2.27. The van der Waals surface area contributed by atoms with E-state index in [1.165, 1.54) is 43.4 Å². The van der Waals surface area contributed by atoms with Gasteiger partial charge in [0.05, 0.1) is 41.4 Å². The van der Waals surface area contributed by atoms with E-state index < -0.39 is 23.5 Å². The molecule has 0 saturated carbocycles. The molecule has 1 aliphatic rings. The zero-order valence-electron chi connectivity index (χ0n) is 18.6. The molecule has 1 fully saturated rings. The first-order valence-electron chi connectivity index (χ1n) is 9.94. The van der Waals surface area contributed by atoms with Crippen molar-refractivity contribution < 1.29 is 29.3 Å². The molecule has 0 aliphatic carbocycles. The number of phenolic OH excluding ortho intramolecular Hbond substituents is 1. The number of aromatic hydroxyl groups is 1. The second-order valence-corrected chi connectivity index (χ2v) is 8.51. The van der Waals surface area contributed by atoms with Crippen LogP contribution in [0.3, 0.4) is 0 Å². The van der Waals surface area contributed by atoms with Gasteiger partial charge in [0, 0.05) is 19.2 Å². The average molecular weight is 495 g/mol. The van der Waals surface area contributed by atoms with E-state index >= 15 is 0 Å². The average Bonchev–Trinajstić information content (AvgIpc) is 3.03. The van der Waals surface area contributed by atoms with E-state index in [0.29, 0.717) is 12.1 Å². The van der Waals surface area contributed by atoms with E-state index in [0.717, 1.165) is 0 Å². The summed E-state index contributed by atoms with van der Waals surface area (Å²) in [7, 11) is 6.49. The second kappa shape index (κ2) is 9.91. The molecule has 1 heterocycles. The molecular formula is C23H24Cl2N2O6. The van der Waals surface area contributed by atoms with Gasteiger partial charge in [0.1, 0.15) is 23.0 Å². The number of benzene rings is 2. The van der Waals surface area contributed by atoms with Gasteiger partial charge in [-0.3, -0.25) is 9.59 Å². The van der Waals surface area contributed by atoms with Crippen LogP contribution in [0.5, 0.6) is 17.2 Å². The first-order chi connectivity index (χ1) is 15.6. The van der Waals surface area contributed by atoms with Crippen molar-refractivity contribution in [1.29, 1.82) is 0 Å². The number of carbonyl (C=O) groups excluding carboxylic acids is 2. The number of aliphatic hydroxyl groups excluding tert-OH is 1. The summed E-state index contributed by atoms with van der Waals surface area (Å²) in [5, 5.41) is 21.4. The van der Waals surface area contributed by atoms with Gasteiger partial charge < -0.3 is 29.5 Å². The monoisotopic (exact) mass is 494 g/mol. The van der Waals surface area contributed by atoms with Crippen LogP contribution < -0.4 is 9.47 Å². The van der Waals surface area contributed by atoms with Crippen LogP contribution in [0.2, 0.25) is 10.0 Å². The molecule has 0 spiro atoms. The molecule has 33 heavy (non-hydrogen) atoms. The highest BCUT2D eigenvalue weighted by molar-refractivity contribution is 6.46. The van der Waals surface area contributed by atoms with Gasteiger partial charge in [-0.1, -0.05) is 29.3 Å². The third-order valence-electron chi connectivity index (χ3n) is 5.34. The summed E-state index contributed by atoms with van der Waals surface area (Å²) in [5.41, 5.74) is 0.458. The number of likely N-dealkylation sites (N-methyl/N-ethyl adjacent to an activating group) is 1. The molecule has 176 valence electrons. The molecule has 2 N–H and O–H groups in total. The maximum atomic E-state index is 13.1. The van der Waals surface area contributed by atoms with Crippen molar-refractivity contribution in [2.75, 3.05) is 41.4 Å². The van der Waals surface area contributed by atoms with Gasteiger partial charge in [0.15, 0.2) is 0 Å². The van der Waals surface area contributed by atoms with E-state index in [1.807, 2.05) is 19.0 Å². The van der Waals surface area contributed by atoms with Crippen molar-refractivity contribution in [3.8, 4) is 17.2 Å². The molecule has 0 aromatic heterocycles. The molecule has 1 unspecified atom stereocenters. The zero-order chi connectivity index (χ0) is 24.4. The molecule has 2 aromatic rings. The Morgan fingerprint density at radius 2 is 1.73 bits per heavy atom.